The number of para-hydroxylation sites is 1. The number of anilines is 1. The van der Waals surface area contributed by atoms with Crippen LogP contribution < -0.4 is 10.6 Å². The molecule has 2 aliphatic heterocycles. The van der Waals surface area contributed by atoms with E-state index in [9.17, 15) is 18.0 Å². The van der Waals surface area contributed by atoms with Crippen LogP contribution in [0.5, 0.6) is 0 Å². The molecule has 1 aromatic rings. The van der Waals surface area contributed by atoms with E-state index in [4.69, 9.17) is 0 Å². The number of benzene rings is 1. The van der Waals surface area contributed by atoms with Crippen LogP contribution in [0.15, 0.2) is 18.2 Å². The highest BCUT2D eigenvalue weighted by Crippen LogP contribution is 2.43. The minimum atomic E-state index is -4.45. The molecule has 2 heterocycles. The normalized spacial score (nSPS) is 26.2. The van der Waals surface area contributed by atoms with E-state index in [0.29, 0.717) is 5.56 Å². The summed E-state index contributed by atoms with van der Waals surface area (Å²) in [5, 5.41) is 5.69. The van der Waals surface area contributed by atoms with Gasteiger partial charge in [0, 0.05) is 18.4 Å². The van der Waals surface area contributed by atoms with Crippen LogP contribution >= 0.6 is 0 Å². The Morgan fingerprint density at radius 2 is 2.05 bits per heavy atom. The predicted octanol–water partition coefficient (Wildman–Crippen LogP) is 2.88. The minimum absolute atomic E-state index is 0.0602. The SMILES string of the molecule is O=C1CC(C2CCCN2)c2cccc(C(F)(F)F)c2N1. The molecule has 108 valence electrons. The van der Waals surface area contributed by atoms with E-state index in [1.807, 2.05) is 0 Å². The van der Waals surface area contributed by atoms with Gasteiger partial charge in [-0.25, -0.2) is 0 Å². The Morgan fingerprint density at radius 1 is 1.25 bits per heavy atom. The zero-order valence-electron chi connectivity index (χ0n) is 10.8. The van der Waals surface area contributed by atoms with E-state index in [-0.39, 0.29) is 30.0 Å². The van der Waals surface area contributed by atoms with Crippen molar-refractivity contribution in [2.45, 2.75) is 37.4 Å². The molecule has 0 spiro atoms. The number of hydrogen-bond donors (Lipinski definition) is 2. The highest BCUT2D eigenvalue weighted by atomic mass is 19.4. The third kappa shape index (κ3) is 2.28. The van der Waals surface area contributed by atoms with Crippen molar-refractivity contribution < 1.29 is 18.0 Å². The Morgan fingerprint density at radius 3 is 2.70 bits per heavy atom. The van der Waals surface area contributed by atoms with Crippen molar-refractivity contribution in [3.63, 3.8) is 0 Å². The van der Waals surface area contributed by atoms with Crippen molar-refractivity contribution in [2.24, 2.45) is 0 Å². The fourth-order valence-electron chi connectivity index (χ4n) is 3.17. The van der Waals surface area contributed by atoms with Crippen LogP contribution in [0.25, 0.3) is 0 Å². The maximum absolute atomic E-state index is 13.0. The van der Waals surface area contributed by atoms with Crippen LogP contribution in [0.3, 0.4) is 0 Å². The fraction of sp³-hybridized carbons (Fsp3) is 0.500. The molecule has 0 aromatic heterocycles. The highest BCUT2D eigenvalue weighted by molar-refractivity contribution is 5.96. The van der Waals surface area contributed by atoms with Crippen LogP contribution in [0, 0.1) is 0 Å². The van der Waals surface area contributed by atoms with Gasteiger partial charge in [-0.05, 0) is 31.0 Å². The number of nitrogens with one attached hydrogen (secondary N) is 2. The van der Waals surface area contributed by atoms with Gasteiger partial charge in [0.2, 0.25) is 5.91 Å². The molecule has 0 saturated carbocycles. The third-order valence-corrected chi connectivity index (χ3v) is 4.06. The monoisotopic (exact) mass is 284 g/mol. The van der Waals surface area contributed by atoms with E-state index in [0.717, 1.165) is 25.5 Å². The average molecular weight is 284 g/mol. The molecule has 2 aliphatic rings. The van der Waals surface area contributed by atoms with Crippen molar-refractivity contribution in [2.75, 3.05) is 11.9 Å². The number of rotatable bonds is 1. The molecule has 2 unspecified atom stereocenters. The van der Waals surface area contributed by atoms with Crippen LogP contribution in [0.2, 0.25) is 0 Å². The number of alkyl halides is 3. The molecular weight excluding hydrogens is 269 g/mol. The summed E-state index contributed by atoms with van der Waals surface area (Å²) in [6.07, 6.45) is -2.32. The standard InChI is InChI=1S/C14H15F3N2O/c15-14(16,17)10-4-1-3-8-9(11-5-2-6-18-11)7-12(20)19-13(8)10/h1,3-4,9,11,18H,2,5-7H2,(H,19,20). The predicted molar refractivity (Wildman–Crippen MR) is 68.5 cm³/mol. The molecule has 2 N–H and O–H groups in total. The van der Waals surface area contributed by atoms with E-state index >= 15 is 0 Å². The molecule has 0 aliphatic carbocycles. The van der Waals surface area contributed by atoms with Gasteiger partial charge in [-0.2, -0.15) is 13.2 Å². The summed E-state index contributed by atoms with van der Waals surface area (Å²) in [6, 6.07) is 4.21. The van der Waals surface area contributed by atoms with Gasteiger partial charge in [-0.15, -0.1) is 0 Å². The third-order valence-electron chi connectivity index (χ3n) is 4.06. The summed E-state index contributed by atoms with van der Waals surface area (Å²) in [5.41, 5.74) is -0.222. The largest absolute Gasteiger partial charge is 0.418 e. The lowest BCUT2D eigenvalue weighted by molar-refractivity contribution is -0.137. The smallest absolute Gasteiger partial charge is 0.325 e. The Labute approximate surface area is 114 Å². The Kier molecular flexibility index (Phi) is 3.20. The van der Waals surface area contributed by atoms with Crippen molar-refractivity contribution in [1.82, 2.24) is 5.32 Å². The number of amides is 1. The van der Waals surface area contributed by atoms with E-state index in [1.54, 1.807) is 6.07 Å². The summed E-state index contributed by atoms with van der Waals surface area (Å²) >= 11 is 0. The molecule has 1 aromatic carbocycles. The highest BCUT2D eigenvalue weighted by Gasteiger charge is 2.40. The van der Waals surface area contributed by atoms with Gasteiger partial charge >= 0.3 is 6.18 Å². The maximum Gasteiger partial charge on any atom is 0.418 e. The first kappa shape index (κ1) is 13.4. The van der Waals surface area contributed by atoms with E-state index in [2.05, 4.69) is 10.6 Å². The van der Waals surface area contributed by atoms with E-state index < -0.39 is 11.7 Å². The molecule has 1 saturated heterocycles. The quantitative estimate of drug-likeness (QED) is 0.832. The number of halogens is 3. The molecule has 3 rings (SSSR count). The summed E-state index contributed by atoms with van der Waals surface area (Å²) in [7, 11) is 0. The zero-order valence-corrected chi connectivity index (χ0v) is 10.8. The van der Waals surface area contributed by atoms with Crippen molar-refractivity contribution in [3.05, 3.63) is 29.3 Å². The molecule has 20 heavy (non-hydrogen) atoms. The molecule has 3 nitrogen and oxygen atoms in total. The maximum atomic E-state index is 13.0. The van der Waals surface area contributed by atoms with Crippen molar-refractivity contribution >= 4 is 11.6 Å². The van der Waals surface area contributed by atoms with Crippen molar-refractivity contribution in [1.29, 1.82) is 0 Å². The molecule has 0 radical (unpaired) electrons. The number of fused-ring (bicyclic) bond motifs is 1. The van der Waals surface area contributed by atoms with Gasteiger partial charge < -0.3 is 10.6 Å². The average Bonchev–Trinajstić information content (AvgIpc) is 2.89. The van der Waals surface area contributed by atoms with Crippen LogP contribution in [-0.2, 0) is 11.0 Å². The first-order chi connectivity index (χ1) is 9.47. The number of carbonyl (C=O) groups is 1. The second kappa shape index (κ2) is 4.77. The van der Waals surface area contributed by atoms with Crippen molar-refractivity contribution in [3.8, 4) is 0 Å². The second-order valence-electron chi connectivity index (χ2n) is 5.33. The molecular formula is C14H15F3N2O. The van der Waals surface area contributed by atoms with Gasteiger partial charge in [0.05, 0.1) is 11.3 Å². The Bertz CT molecular complexity index is 536. The molecule has 1 amide bonds. The Hall–Kier alpha value is -1.56. The zero-order chi connectivity index (χ0) is 14.3. The van der Waals surface area contributed by atoms with Gasteiger partial charge in [-0.3, -0.25) is 4.79 Å². The second-order valence-corrected chi connectivity index (χ2v) is 5.33. The first-order valence-electron chi connectivity index (χ1n) is 6.70. The topological polar surface area (TPSA) is 41.1 Å². The van der Waals surface area contributed by atoms with Gasteiger partial charge in [0.25, 0.3) is 0 Å². The van der Waals surface area contributed by atoms with Gasteiger partial charge in [0.1, 0.15) is 0 Å². The Balaban J connectivity index is 2.06. The molecule has 2 atom stereocenters. The van der Waals surface area contributed by atoms with Crippen LogP contribution in [-0.4, -0.2) is 18.5 Å². The molecule has 6 heteroatoms. The summed E-state index contributed by atoms with van der Waals surface area (Å²) < 4.78 is 39.1. The lowest BCUT2D eigenvalue weighted by Gasteiger charge is -2.31. The summed E-state index contributed by atoms with van der Waals surface area (Å²) in [4.78, 5) is 11.8. The fourth-order valence-corrected chi connectivity index (χ4v) is 3.17. The van der Waals surface area contributed by atoms with Crippen LogP contribution in [0.4, 0.5) is 18.9 Å². The number of carbonyl (C=O) groups excluding carboxylic acids is 1. The minimum Gasteiger partial charge on any atom is -0.325 e. The summed E-state index contributed by atoms with van der Waals surface area (Å²) in [5.74, 6) is -0.517. The van der Waals surface area contributed by atoms with E-state index in [1.165, 1.54) is 6.07 Å². The first-order valence-corrected chi connectivity index (χ1v) is 6.70. The van der Waals surface area contributed by atoms with Gasteiger partial charge in [-0.1, -0.05) is 12.1 Å². The molecule has 1 fully saturated rings. The number of hydrogen-bond acceptors (Lipinski definition) is 2. The lowest BCUT2D eigenvalue weighted by Crippen LogP contribution is -2.36. The van der Waals surface area contributed by atoms with Gasteiger partial charge in [0.15, 0.2) is 0 Å². The molecule has 0 bridgehead atoms. The lowest BCUT2D eigenvalue weighted by atomic mass is 9.83. The van der Waals surface area contributed by atoms with Crippen LogP contribution in [0.1, 0.15) is 36.3 Å². The summed E-state index contributed by atoms with van der Waals surface area (Å²) in [6.45, 7) is 0.858.